The third kappa shape index (κ3) is 4.25. The Hall–Kier alpha value is -2.66. The van der Waals surface area contributed by atoms with Crippen molar-refractivity contribution in [3.05, 3.63) is 83.1 Å². The van der Waals surface area contributed by atoms with Crippen LogP contribution in [0.2, 0.25) is 0 Å². The van der Waals surface area contributed by atoms with E-state index in [4.69, 9.17) is 0 Å². The molecule has 0 spiro atoms. The molecule has 0 saturated heterocycles. The Morgan fingerprint density at radius 1 is 1.04 bits per heavy atom. The van der Waals surface area contributed by atoms with E-state index in [1.807, 2.05) is 67.6 Å². The van der Waals surface area contributed by atoms with Gasteiger partial charge in [0, 0.05) is 28.6 Å². The van der Waals surface area contributed by atoms with Gasteiger partial charge in [-0.2, -0.15) is 0 Å². The zero-order valence-electron chi connectivity index (χ0n) is 13.8. The average molecular weight is 396 g/mol. The number of hydrogen-bond acceptors (Lipinski definition) is 3. The van der Waals surface area contributed by atoms with Crippen molar-refractivity contribution >= 4 is 38.9 Å². The summed E-state index contributed by atoms with van der Waals surface area (Å²) in [5.74, 6) is -0.0703. The van der Waals surface area contributed by atoms with Crippen LogP contribution in [0.25, 0.3) is 0 Å². The van der Waals surface area contributed by atoms with Gasteiger partial charge >= 0.3 is 0 Å². The Labute approximate surface area is 155 Å². The second kappa shape index (κ2) is 7.94. The first-order chi connectivity index (χ1) is 12.2. The van der Waals surface area contributed by atoms with Gasteiger partial charge in [-0.3, -0.25) is 9.78 Å². The minimum atomic E-state index is -0.0703. The number of nitrogens with one attached hydrogen (secondary N) is 1. The van der Waals surface area contributed by atoms with Crippen LogP contribution < -0.4 is 10.2 Å². The number of nitrogens with zero attached hydrogens (tertiary/aromatic N) is 2. The smallest absolute Gasteiger partial charge is 0.259 e. The number of pyridine rings is 1. The van der Waals surface area contributed by atoms with Crippen molar-refractivity contribution in [2.75, 3.05) is 16.8 Å². The molecule has 25 heavy (non-hydrogen) atoms. The molecule has 0 aliphatic heterocycles. The highest BCUT2D eigenvalue weighted by molar-refractivity contribution is 9.10. The summed E-state index contributed by atoms with van der Waals surface area (Å²) in [5, 5.41) is 3.27. The topological polar surface area (TPSA) is 45.2 Å². The second-order valence-electron chi connectivity index (χ2n) is 5.48. The van der Waals surface area contributed by atoms with Crippen LogP contribution in [0.1, 0.15) is 17.3 Å². The quantitative estimate of drug-likeness (QED) is 0.640. The van der Waals surface area contributed by atoms with Gasteiger partial charge in [0.15, 0.2) is 0 Å². The number of anilines is 3. The van der Waals surface area contributed by atoms with E-state index in [0.717, 1.165) is 21.5 Å². The molecule has 4 nitrogen and oxygen atoms in total. The monoisotopic (exact) mass is 395 g/mol. The molecule has 0 fully saturated rings. The molecule has 0 aliphatic rings. The third-order valence-corrected chi connectivity index (χ3v) is 4.22. The van der Waals surface area contributed by atoms with Crippen LogP contribution >= 0.6 is 15.9 Å². The van der Waals surface area contributed by atoms with E-state index in [1.54, 1.807) is 17.3 Å². The number of aromatic nitrogens is 1. The fourth-order valence-electron chi connectivity index (χ4n) is 2.57. The lowest BCUT2D eigenvalue weighted by Crippen LogP contribution is -2.30. The summed E-state index contributed by atoms with van der Waals surface area (Å²) in [4.78, 5) is 18.8. The second-order valence-corrected chi connectivity index (χ2v) is 6.40. The molecule has 2 aromatic carbocycles. The molecule has 0 bridgehead atoms. The zero-order chi connectivity index (χ0) is 17.6. The molecule has 126 valence electrons. The first-order valence-electron chi connectivity index (χ1n) is 8.02. The lowest BCUT2D eigenvalue weighted by atomic mass is 10.2. The van der Waals surface area contributed by atoms with Gasteiger partial charge < -0.3 is 10.2 Å². The van der Waals surface area contributed by atoms with E-state index < -0.39 is 0 Å². The first-order valence-corrected chi connectivity index (χ1v) is 8.81. The Morgan fingerprint density at radius 3 is 2.56 bits per heavy atom. The summed E-state index contributed by atoms with van der Waals surface area (Å²) < 4.78 is 0.985. The Kier molecular flexibility index (Phi) is 5.46. The number of carbonyl (C=O) groups excluding carboxylic acids is 1. The van der Waals surface area contributed by atoms with E-state index in [0.29, 0.717) is 12.1 Å². The molecule has 0 unspecified atom stereocenters. The van der Waals surface area contributed by atoms with Gasteiger partial charge in [0.25, 0.3) is 5.91 Å². The number of para-hydroxylation sites is 1. The number of benzene rings is 2. The lowest BCUT2D eigenvalue weighted by molar-refractivity contribution is 0.0988. The SMILES string of the molecule is CCN(C(=O)c1cncc(Nc2cccc(Br)c2)c1)c1ccccc1. The Bertz CT molecular complexity index is 868. The summed E-state index contributed by atoms with van der Waals surface area (Å²) in [6.07, 6.45) is 3.30. The number of carbonyl (C=O) groups is 1. The maximum Gasteiger partial charge on any atom is 0.259 e. The number of hydrogen-bond donors (Lipinski definition) is 1. The summed E-state index contributed by atoms with van der Waals surface area (Å²) >= 11 is 3.45. The van der Waals surface area contributed by atoms with Crippen LogP contribution in [0, 0.1) is 0 Å². The van der Waals surface area contributed by atoms with Gasteiger partial charge in [-0.1, -0.05) is 40.2 Å². The van der Waals surface area contributed by atoms with Gasteiger partial charge in [0.1, 0.15) is 0 Å². The molecule has 1 aromatic heterocycles. The van der Waals surface area contributed by atoms with Crippen LogP contribution in [0.5, 0.6) is 0 Å². The van der Waals surface area contributed by atoms with Gasteiger partial charge in [0.05, 0.1) is 17.4 Å². The van der Waals surface area contributed by atoms with Crippen LogP contribution in [0.3, 0.4) is 0 Å². The summed E-state index contributed by atoms with van der Waals surface area (Å²) in [6, 6.07) is 19.3. The van der Waals surface area contributed by atoms with Crippen LogP contribution in [0.4, 0.5) is 17.1 Å². The van der Waals surface area contributed by atoms with Crippen LogP contribution in [-0.2, 0) is 0 Å². The van der Waals surface area contributed by atoms with Crippen molar-refractivity contribution in [1.82, 2.24) is 4.98 Å². The van der Waals surface area contributed by atoms with Gasteiger partial charge in [-0.05, 0) is 43.3 Å². The number of halogens is 1. The summed E-state index contributed by atoms with van der Waals surface area (Å²) in [5.41, 5.74) is 3.12. The van der Waals surface area contributed by atoms with Crippen molar-refractivity contribution < 1.29 is 4.79 Å². The highest BCUT2D eigenvalue weighted by atomic mass is 79.9. The Morgan fingerprint density at radius 2 is 1.84 bits per heavy atom. The zero-order valence-corrected chi connectivity index (χ0v) is 15.4. The maximum absolute atomic E-state index is 12.9. The lowest BCUT2D eigenvalue weighted by Gasteiger charge is -2.21. The normalized spacial score (nSPS) is 10.3. The molecule has 0 saturated carbocycles. The van der Waals surface area contributed by atoms with Crippen LogP contribution in [-0.4, -0.2) is 17.4 Å². The number of amides is 1. The fraction of sp³-hybridized carbons (Fsp3) is 0.100. The molecule has 0 radical (unpaired) electrons. The van der Waals surface area contributed by atoms with Crippen molar-refractivity contribution in [1.29, 1.82) is 0 Å². The molecule has 3 aromatic rings. The molecule has 1 heterocycles. The minimum Gasteiger partial charge on any atom is -0.354 e. The summed E-state index contributed by atoms with van der Waals surface area (Å²) in [7, 11) is 0. The fourth-order valence-corrected chi connectivity index (χ4v) is 2.96. The van der Waals surface area contributed by atoms with E-state index in [-0.39, 0.29) is 5.91 Å². The van der Waals surface area contributed by atoms with Crippen molar-refractivity contribution in [3.8, 4) is 0 Å². The molecular weight excluding hydrogens is 378 g/mol. The van der Waals surface area contributed by atoms with Gasteiger partial charge in [-0.25, -0.2) is 0 Å². The van der Waals surface area contributed by atoms with E-state index in [1.165, 1.54) is 0 Å². The van der Waals surface area contributed by atoms with E-state index in [2.05, 4.69) is 26.2 Å². The standard InChI is InChI=1S/C20H18BrN3O/c1-2-24(19-9-4-3-5-10-19)20(25)15-11-18(14-22-13-15)23-17-8-6-7-16(21)12-17/h3-14,23H,2H2,1H3. The predicted octanol–water partition coefficient (Wildman–Crippen LogP) is 5.25. The highest BCUT2D eigenvalue weighted by Gasteiger charge is 2.16. The largest absolute Gasteiger partial charge is 0.354 e. The third-order valence-electron chi connectivity index (χ3n) is 3.73. The first kappa shape index (κ1) is 17.2. The molecule has 3 rings (SSSR count). The molecule has 5 heteroatoms. The molecular formula is C20H18BrN3O. The average Bonchev–Trinajstić information content (AvgIpc) is 2.63. The van der Waals surface area contributed by atoms with Crippen molar-refractivity contribution in [2.24, 2.45) is 0 Å². The van der Waals surface area contributed by atoms with Gasteiger partial charge in [-0.15, -0.1) is 0 Å². The minimum absolute atomic E-state index is 0.0703. The van der Waals surface area contributed by atoms with Crippen molar-refractivity contribution in [3.63, 3.8) is 0 Å². The maximum atomic E-state index is 12.9. The van der Waals surface area contributed by atoms with E-state index in [9.17, 15) is 4.79 Å². The van der Waals surface area contributed by atoms with Gasteiger partial charge in [0.2, 0.25) is 0 Å². The molecule has 0 atom stereocenters. The Balaban J connectivity index is 1.84. The molecule has 1 N–H and O–H groups in total. The van der Waals surface area contributed by atoms with Crippen LogP contribution in [0.15, 0.2) is 77.5 Å². The molecule has 1 amide bonds. The number of rotatable bonds is 5. The predicted molar refractivity (Wildman–Crippen MR) is 105 cm³/mol. The van der Waals surface area contributed by atoms with E-state index >= 15 is 0 Å². The summed E-state index contributed by atoms with van der Waals surface area (Å²) in [6.45, 7) is 2.55. The van der Waals surface area contributed by atoms with Crippen molar-refractivity contribution in [2.45, 2.75) is 6.92 Å². The molecule has 0 aliphatic carbocycles. The highest BCUT2D eigenvalue weighted by Crippen LogP contribution is 2.22.